The van der Waals surface area contributed by atoms with Gasteiger partial charge in [0.2, 0.25) is 5.91 Å². The molecule has 0 aromatic carbocycles. The first-order valence-electron chi connectivity index (χ1n) is 5.24. The van der Waals surface area contributed by atoms with E-state index in [2.05, 4.69) is 17.3 Å². The van der Waals surface area contributed by atoms with Gasteiger partial charge in [0.25, 0.3) is 0 Å². The Hall–Kier alpha value is -0.610. The maximum absolute atomic E-state index is 11.6. The summed E-state index contributed by atoms with van der Waals surface area (Å²) in [5, 5.41) is 2.89. The summed E-state index contributed by atoms with van der Waals surface area (Å²) >= 11 is 0. The molecule has 0 aromatic heterocycles. The van der Waals surface area contributed by atoms with E-state index < -0.39 is 0 Å². The molecule has 82 valence electrons. The highest BCUT2D eigenvalue weighted by Crippen LogP contribution is 2.13. The van der Waals surface area contributed by atoms with Crippen LogP contribution in [-0.2, 0) is 4.79 Å². The highest BCUT2D eigenvalue weighted by molar-refractivity contribution is 5.78. The first-order valence-corrected chi connectivity index (χ1v) is 5.24. The summed E-state index contributed by atoms with van der Waals surface area (Å²) in [6.07, 6.45) is 2.33. The van der Waals surface area contributed by atoms with Crippen LogP contribution in [0.2, 0.25) is 0 Å². The zero-order chi connectivity index (χ0) is 10.6. The first kappa shape index (κ1) is 11.5. The molecule has 1 fully saturated rings. The molecule has 0 aliphatic carbocycles. The van der Waals surface area contributed by atoms with Crippen LogP contribution >= 0.6 is 0 Å². The Morgan fingerprint density at radius 1 is 1.64 bits per heavy atom. The molecule has 14 heavy (non-hydrogen) atoms. The van der Waals surface area contributed by atoms with Crippen molar-refractivity contribution in [2.75, 3.05) is 40.8 Å². The van der Waals surface area contributed by atoms with Crippen LogP contribution in [0.25, 0.3) is 0 Å². The van der Waals surface area contributed by atoms with Gasteiger partial charge in [-0.25, -0.2) is 0 Å². The third-order valence-corrected chi connectivity index (χ3v) is 2.87. The van der Waals surface area contributed by atoms with Crippen LogP contribution in [-0.4, -0.2) is 62.5 Å². The number of nitrogens with one attached hydrogen (secondary N) is 1. The number of rotatable bonds is 3. The van der Waals surface area contributed by atoms with Gasteiger partial charge in [-0.05, 0) is 33.5 Å². The standard InChI is InChI=1S/C10H21N3O/c1-11-7-10(14)13(3)9-5-4-6-12(2)8-9/h9,11H,4-8H2,1-3H3. The number of piperidine rings is 1. The van der Waals surface area contributed by atoms with E-state index in [0.29, 0.717) is 12.6 Å². The average molecular weight is 199 g/mol. The molecule has 1 N–H and O–H groups in total. The molecule has 1 atom stereocenters. The van der Waals surface area contributed by atoms with Gasteiger partial charge in [0.15, 0.2) is 0 Å². The highest BCUT2D eigenvalue weighted by atomic mass is 16.2. The minimum absolute atomic E-state index is 0.188. The van der Waals surface area contributed by atoms with Crippen LogP contribution in [0, 0.1) is 0 Å². The van der Waals surface area contributed by atoms with Crippen LogP contribution in [0.3, 0.4) is 0 Å². The van der Waals surface area contributed by atoms with Gasteiger partial charge in [0.05, 0.1) is 6.54 Å². The van der Waals surface area contributed by atoms with Crippen molar-refractivity contribution in [3.8, 4) is 0 Å². The zero-order valence-corrected chi connectivity index (χ0v) is 9.42. The topological polar surface area (TPSA) is 35.6 Å². The van der Waals surface area contributed by atoms with E-state index in [4.69, 9.17) is 0 Å². The Morgan fingerprint density at radius 3 is 2.93 bits per heavy atom. The number of hydrogen-bond donors (Lipinski definition) is 1. The summed E-state index contributed by atoms with van der Waals surface area (Å²) < 4.78 is 0. The largest absolute Gasteiger partial charge is 0.340 e. The van der Waals surface area contributed by atoms with E-state index in [1.807, 2.05) is 11.9 Å². The number of likely N-dealkylation sites (N-methyl/N-ethyl adjacent to an activating group) is 3. The molecule has 1 aliphatic rings. The number of carbonyl (C=O) groups is 1. The normalized spacial score (nSPS) is 23.5. The minimum atomic E-state index is 0.188. The second kappa shape index (κ2) is 5.32. The fourth-order valence-corrected chi connectivity index (χ4v) is 1.93. The van der Waals surface area contributed by atoms with Gasteiger partial charge in [-0.15, -0.1) is 0 Å². The van der Waals surface area contributed by atoms with Crippen LogP contribution in [0.4, 0.5) is 0 Å². The Kier molecular flexibility index (Phi) is 4.35. The van der Waals surface area contributed by atoms with Crippen LogP contribution < -0.4 is 5.32 Å². The van der Waals surface area contributed by atoms with Gasteiger partial charge >= 0.3 is 0 Å². The monoisotopic (exact) mass is 199 g/mol. The van der Waals surface area contributed by atoms with Crippen LogP contribution in [0.5, 0.6) is 0 Å². The van der Waals surface area contributed by atoms with Gasteiger partial charge in [0, 0.05) is 19.6 Å². The van der Waals surface area contributed by atoms with E-state index in [-0.39, 0.29) is 5.91 Å². The second-order valence-corrected chi connectivity index (χ2v) is 4.09. The van der Waals surface area contributed by atoms with Crippen molar-refractivity contribution >= 4 is 5.91 Å². The minimum Gasteiger partial charge on any atom is -0.340 e. The molecule has 1 unspecified atom stereocenters. The quantitative estimate of drug-likeness (QED) is 0.681. The summed E-state index contributed by atoms with van der Waals surface area (Å²) in [4.78, 5) is 15.8. The van der Waals surface area contributed by atoms with E-state index in [1.165, 1.54) is 6.42 Å². The Labute approximate surface area is 86.2 Å². The number of hydrogen-bond acceptors (Lipinski definition) is 3. The van der Waals surface area contributed by atoms with Gasteiger partial charge in [-0.1, -0.05) is 0 Å². The Balaban J connectivity index is 2.42. The van der Waals surface area contributed by atoms with Crippen molar-refractivity contribution in [2.45, 2.75) is 18.9 Å². The highest BCUT2D eigenvalue weighted by Gasteiger charge is 2.23. The molecule has 0 aromatic rings. The van der Waals surface area contributed by atoms with Crippen molar-refractivity contribution in [3.05, 3.63) is 0 Å². The summed E-state index contributed by atoms with van der Waals surface area (Å²) in [7, 11) is 5.82. The predicted molar refractivity (Wildman–Crippen MR) is 57.2 cm³/mol. The van der Waals surface area contributed by atoms with Crippen molar-refractivity contribution < 1.29 is 4.79 Å². The van der Waals surface area contributed by atoms with E-state index in [1.54, 1.807) is 7.05 Å². The summed E-state index contributed by atoms with van der Waals surface area (Å²) in [5.74, 6) is 0.188. The molecule has 1 heterocycles. The number of carbonyl (C=O) groups excluding carboxylic acids is 1. The van der Waals surface area contributed by atoms with Crippen molar-refractivity contribution in [3.63, 3.8) is 0 Å². The van der Waals surface area contributed by atoms with Crippen molar-refractivity contribution in [2.24, 2.45) is 0 Å². The van der Waals surface area contributed by atoms with Crippen LogP contribution in [0.1, 0.15) is 12.8 Å². The molecule has 1 amide bonds. The van der Waals surface area contributed by atoms with E-state index >= 15 is 0 Å². The lowest BCUT2D eigenvalue weighted by Crippen LogP contribution is -2.49. The smallest absolute Gasteiger partial charge is 0.236 e. The molecule has 0 bridgehead atoms. The number of likely N-dealkylation sites (tertiary alicyclic amines) is 1. The number of amides is 1. The summed E-state index contributed by atoms with van der Waals surface area (Å²) in [6, 6.07) is 0.398. The fraction of sp³-hybridized carbons (Fsp3) is 0.900. The molecule has 0 spiro atoms. The molecule has 4 heteroatoms. The lowest BCUT2D eigenvalue weighted by Gasteiger charge is -2.35. The van der Waals surface area contributed by atoms with Crippen molar-refractivity contribution in [1.82, 2.24) is 15.1 Å². The van der Waals surface area contributed by atoms with Gasteiger partial charge < -0.3 is 15.1 Å². The van der Waals surface area contributed by atoms with Crippen molar-refractivity contribution in [1.29, 1.82) is 0 Å². The molecule has 1 aliphatic heterocycles. The molecule has 1 saturated heterocycles. The van der Waals surface area contributed by atoms with E-state index in [9.17, 15) is 4.79 Å². The molecule has 0 radical (unpaired) electrons. The first-order chi connectivity index (χ1) is 6.65. The average Bonchev–Trinajstić information content (AvgIpc) is 2.17. The van der Waals surface area contributed by atoms with E-state index in [0.717, 1.165) is 19.5 Å². The van der Waals surface area contributed by atoms with Gasteiger partial charge in [-0.3, -0.25) is 4.79 Å². The predicted octanol–water partition coefficient (Wildman–Crippen LogP) is -0.242. The fourth-order valence-electron chi connectivity index (χ4n) is 1.93. The lowest BCUT2D eigenvalue weighted by molar-refractivity contribution is -0.131. The Bertz CT molecular complexity index is 196. The van der Waals surface area contributed by atoms with Crippen LogP contribution in [0.15, 0.2) is 0 Å². The maximum Gasteiger partial charge on any atom is 0.236 e. The lowest BCUT2D eigenvalue weighted by atomic mass is 10.1. The third-order valence-electron chi connectivity index (χ3n) is 2.87. The van der Waals surface area contributed by atoms with Gasteiger partial charge in [-0.2, -0.15) is 0 Å². The maximum atomic E-state index is 11.6. The SMILES string of the molecule is CNCC(=O)N(C)C1CCCN(C)C1. The molecular formula is C10H21N3O. The molecule has 4 nitrogen and oxygen atoms in total. The molecule has 0 saturated carbocycles. The third kappa shape index (κ3) is 2.96. The summed E-state index contributed by atoms with van der Waals surface area (Å²) in [5.41, 5.74) is 0. The summed E-state index contributed by atoms with van der Waals surface area (Å²) in [6.45, 7) is 2.60. The Morgan fingerprint density at radius 2 is 2.36 bits per heavy atom. The molecular weight excluding hydrogens is 178 g/mol. The molecule has 1 rings (SSSR count). The zero-order valence-electron chi connectivity index (χ0n) is 9.42. The number of nitrogens with zero attached hydrogens (tertiary/aromatic N) is 2. The second-order valence-electron chi connectivity index (χ2n) is 4.09. The van der Waals surface area contributed by atoms with Gasteiger partial charge in [0.1, 0.15) is 0 Å².